The van der Waals surface area contributed by atoms with Gasteiger partial charge in [-0.25, -0.2) is 0 Å². The summed E-state index contributed by atoms with van der Waals surface area (Å²) < 4.78 is 0. The zero-order valence-corrected chi connectivity index (χ0v) is 12.3. The largest absolute Gasteiger partial charge is 0.393 e. The number of aliphatic hydroxyl groups is 1. The number of anilines is 1. The highest BCUT2D eigenvalue weighted by Crippen LogP contribution is 2.28. The van der Waals surface area contributed by atoms with Crippen molar-refractivity contribution in [1.82, 2.24) is 4.90 Å². The highest BCUT2D eigenvalue weighted by molar-refractivity contribution is 5.99. The minimum absolute atomic E-state index is 0.0468. The Hall–Kier alpha value is -1.55. The maximum absolute atomic E-state index is 12.5. The SMILES string of the molecule is CCCNc1ccccc1C(=O)N(C)CC1CC(O)C1. The number of carbonyl (C=O) groups excluding carboxylic acids is 1. The summed E-state index contributed by atoms with van der Waals surface area (Å²) in [6, 6.07) is 7.65. The van der Waals surface area contributed by atoms with Gasteiger partial charge in [0.1, 0.15) is 0 Å². The maximum atomic E-state index is 12.5. The lowest BCUT2D eigenvalue weighted by Crippen LogP contribution is -2.39. The molecule has 0 unspecified atom stereocenters. The van der Waals surface area contributed by atoms with Crippen LogP contribution in [0.15, 0.2) is 24.3 Å². The van der Waals surface area contributed by atoms with Crippen molar-refractivity contribution in [1.29, 1.82) is 0 Å². The van der Waals surface area contributed by atoms with Crippen LogP contribution in [0.2, 0.25) is 0 Å². The number of carbonyl (C=O) groups is 1. The number of rotatable bonds is 6. The summed E-state index contributed by atoms with van der Waals surface area (Å²) in [6.45, 7) is 3.69. The number of benzene rings is 1. The highest BCUT2D eigenvalue weighted by atomic mass is 16.3. The molecule has 0 aliphatic heterocycles. The van der Waals surface area contributed by atoms with Crippen molar-refractivity contribution >= 4 is 11.6 Å². The van der Waals surface area contributed by atoms with Gasteiger partial charge in [0, 0.05) is 25.8 Å². The van der Waals surface area contributed by atoms with Crippen molar-refractivity contribution in [3.8, 4) is 0 Å². The van der Waals surface area contributed by atoms with E-state index in [9.17, 15) is 9.90 Å². The second-order valence-electron chi connectivity index (χ2n) is 5.65. The molecule has 2 rings (SSSR count). The van der Waals surface area contributed by atoms with Gasteiger partial charge in [0.15, 0.2) is 0 Å². The van der Waals surface area contributed by atoms with Gasteiger partial charge in [-0.15, -0.1) is 0 Å². The number of amides is 1. The highest BCUT2D eigenvalue weighted by Gasteiger charge is 2.29. The van der Waals surface area contributed by atoms with Crippen LogP contribution in [0.5, 0.6) is 0 Å². The lowest BCUT2D eigenvalue weighted by Gasteiger charge is -2.34. The summed E-state index contributed by atoms with van der Waals surface area (Å²) in [5.74, 6) is 0.486. The molecule has 20 heavy (non-hydrogen) atoms. The molecule has 1 amide bonds. The number of aliphatic hydroxyl groups excluding tert-OH is 1. The first-order valence-electron chi connectivity index (χ1n) is 7.38. The number of para-hydroxylation sites is 1. The van der Waals surface area contributed by atoms with Gasteiger partial charge in [0.25, 0.3) is 5.91 Å². The minimum atomic E-state index is -0.165. The summed E-state index contributed by atoms with van der Waals surface area (Å²) in [5.41, 5.74) is 1.63. The number of hydrogen-bond acceptors (Lipinski definition) is 3. The number of nitrogens with one attached hydrogen (secondary N) is 1. The molecular weight excluding hydrogens is 252 g/mol. The molecule has 1 saturated carbocycles. The van der Waals surface area contributed by atoms with E-state index in [2.05, 4.69) is 12.2 Å². The van der Waals surface area contributed by atoms with Crippen molar-refractivity contribution in [3.63, 3.8) is 0 Å². The van der Waals surface area contributed by atoms with Crippen molar-refractivity contribution in [2.24, 2.45) is 5.92 Å². The molecule has 1 fully saturated rings. The van der Waals surface area contributed by atoms with Crippen molar-refractivity contribution in [3.05, 3.63) is 29.8 Å². The second-order valence-corrected chi connectivity index (χ2v) is 5.65. The molecule has 0 spiro atoms. The van der Waals surface area contributed by atoms with Crippen LogP contribution in [0.1, 0.15) is 36.5 Å². The predicted molar refractivity (Wildman–Crippen MR) is 80.9 cm³/mol. The summed E-state index contributed by atoms with van der Waals surface area (Å²) in [7, 11) is 1.84. The Morgan fingerprint density at radius 1 is 1.40 bits per heavy atom. The molecule has 1 aromatic carbocycles. The van der Waals surface area contributed by atoms with E-state index in [1.165, 1.54) is 0 Å². The number of hydrogen-bond donors (Lipinski definition) is 2. The average Bonchev–Trinajstić information content (AvgIpc) is 2.43. The molecule has 1 aliphatic carbocycles. The fourth-order valence-corrected chi connectivity index (χ4v) is 2.61. The zero-order valence-electron chi connectivity index (χ0n) is 12.3. The first-order chi connectivity index (χ1) is 9.61. The van der Waals surface area contributed by atoms with E-state index in [1.54, 1.807) is 4.90 Å². The van der Waals surface area contributed by atoms with E-state index >= 15 is 0 Å². The van der Waals surface area contributed by atoms with Crippen LogP contribution in [0.4, 0.5) is 5.69 Å². The molecule has 0 aromatic heterocycles. The predicted octanol–water partition coefficient (Wildman–Crippen LogP) is 2.35. The molecule has 0 radical (unpaired) electrons. The van der Waals surface area contributed by atoms with Crippen LogP contribution >= 0.6 is 0 Å². The van der Waals surface area contributed by atoms with E-state index in [4.69, 9.17) is 0 Å². The van der Waals surface area contributed by atoms with Gasteiger partial charge < -0.3 is 15.3 Å². The van der Waals surface area contributed by atoms with Gasteiger partial charge in [0.05, 0.1) is 11.7 Å². The third kappa shape index (κ3) is 3.51. The zero-order chi connectivity index (χ0) is 14.5. The van der Waals surface area contributed by atoms with Crippen LogP contribution in [-0.2, 0) is 0 Å². The van der Waals surface area contributed by atoms with Crippen molar-refractivity contribution in [2.75, 3.05) is 25.5 Å². The first kappa shape index (κ1) is 14.9. The van der Waals surface area contributed by atoms with Gasteiger partial charge in [-0.1, -0.05) is 19.1 Å². The fraction of sp³-hybridized carbons (Fsp3) is 0.562. The Morgan fingerprint density at radius 3 is 2.75 bits per heavy atom. The van der Waals surface area contributed by atoms with Gasteiger partial charge in [-0.05, 0) is 37.3 Å². The quantitative estimate of drug-likeness (QED) is 0.838. The van der Waals surface area contributed by atoms with Crippen molar-refractivity contribution in [2.45, 2.75) is 32.3 Å². The van der Waals surface area contributed by atoms with Gasteiger partial charge >= 0.3 is 0 Å². The third-order valence-electron chi connectivity index (χ3n) is 3.81. The second kappa shape index (κ2) is 6.75. The first-order valence-corrected chi connectivity index (χ1v) is 7.38. The molecule has 0 saturated heterocycles. The Balaban J connectivity index is 2.00. The van der Waals surface area contributed by atoms with Crippen LogP contribution in [-0.4, -0.2) is 42.2 Å². The standard InChI is InChI=1S/C16H24N2O2/c1-3-8-17-15-7-5-4-6-14(15)16(20)18(2)11-12-9-13(19)10-12/h4-7,12-13,17,19H,3,8-11H2,1-2H3. The lowest BCUT2D eigenvalue weighted by atomic mass is 9.82. The van der Waals surface area contributed by atoms with E-state index in [0.717, 1.165) is 43.6 Å². The lowest BCUT2D eigenvalue weighted by molar-refractivity contribution is 0.0265. The van der Waals surface area contributed by atoms with E-state index in [-0.39, 0.29) is 12.0 Å². The Bertz CT molecular complexity index is 456. The van der Waals surface area contributed by atoms with E-state index in [1.807, 2.05) is 31.3 Å². The van der Waals surface area contributed by atoms with Crippen LogP contribution in [0.25, 0.3) is 0 Å². The van der Waals surface area contributed by atoms with E-state index in [0.29, 0.717) is 5.92 Å². The molecule has 110 valence electrons. The molecule has 4 nitrogen and oxygen atoms in total. The summed E-state index contributed by atoms with van der Waals surface area (Å²) >= 11 is 0. The van der Waals surface area contributed by atoms with E-state index < -0.39 is 0 Å². The summed E-state index contributed by atoms with van der Waals surface area (Å²) in [5, 5.41) is 12.6. The minimum Gasteiger partial charge on any atom is -0.393 e. The fourth-order valence-electron chi connectivity index (χ4n) is 2.61. The maximum Gasteiger partial charge on any atom is 0.255 e. The van der Waals surface area contributed by atoms with Crippen LogP contribution < -0.4 is 5.32 Å². The topological polar surface area (TPSA) is 52.6 Å². The number of nitrogens with zero attached hydrogens (tertiary/aromatic N) is 1. The van der Waals surface area contributed by atoms with Crippen LogP contribution in [0.3, 0.4) is 0 Å². The molecule has 1 aliphatic rings. The molecule has 0 bridgehead atoms. The molecule has 0 heterocycles. The summed E-state index contributed by atoms with van der Waals surface area (Å²) in [4.78, 5) is 14.3. The third-order valence-corrected chi connectivity index (χ3v) is 3.81. The summed E-state index contributed by atoms with van der Waals surface area (Å²) in [6.07, 6.45) is 2.49. The Kier molecular flexibility index (Phi) is 5.01. The van der Waals surface area contributed by atoms with Crippen molar-refractivity contribution < 1.29 is 9.90 Å². The molecule has 0 atom stereocenters. The molecule has 2 N–H and O–H groups in total. The smallest absolute Gasteiger partial charge is 0.255 e. The molecule has 4 heteroatoms. The Morgan fingerprint density at radius 2 is 2.10 bits per heavy atom. The van der Waals surface area contributed by atoms with Crippen LogP contribution in [0, 0.1) is 5.92 Å². The average molecular weight is 276 g/mol. The van der Waals surface area contributed by atoms with Gasteiger partial charge in [0.2, 0.25) is 0 Å². The monoisotopic (exact) mass is 276 g/mol. The molecule has 1 aromatic rings. The van der Waals surface area contributed by atoms with Gasteiger partial charge in [-0.2, -0.15) is 0 Å². The molecular formula is C16H24N2O2. The van der Waals surface area contributed by atoms with Gasteiger partial charge in [-0.3, -0.25) is 4.79 Å². The normalized spacial score (nSPS) is 21.1. The Labute approximate surface area is 120 Å².